The smallest absolute Gasteiger partial charge is 0.234 e. The quantitative estimate of drug-likeness (QED) is 0.514. The average molecular weight is 432 g/mol. The van der Waals surface area contributed by atoms with Gasteiger partial charge in [0, 0.05) is 12.1 Å². The van der Waals surface area contributed by atoms with E-state index in [1.54, 1.807) is 12.1 Å². The van der Waals surface area contributed by atoms with Crippen LogP contribution in [-0.2, 0) is 11.2 Å². The maximum atomic E-state index is 13.4. The monoisotopic (exact) mass is 431 g/mol. The number of hydrogen-bond donors (Lipinski definition) is 1. The van der Waals surface area contributed by atoms with Crippen molar-refractivity contribution in [1.29, 1.82) is 0 Å². The van der Waals surface area contributed by atoms with Crippen LogP contribution < -0.4 is 5.32 Å². The Bertz CT molecular complexity index is 1140. The van der Waals surface area contributed by atoms with Gasteiger partial charge in [0.05, 0.1) is 27.9 Å². The van der Waals surface area contributed by atoms with E-state index < -0.39 is 0 Å². The van der Waals surface area contributed by atoms with E-state index in [0.717, 1.165) is 39.8 Å². The van der Waals surface area contributed by atoms with Gasteiger partial charge in [-0.15, -0.1) is 11.8 Å². The van der Waals surface area contributed by atoms with E-state index in [2.05, 4.69) is 12.2 Å². The number of fused-ring (bicyclic) bond motifs is 1. The van der Waals surface area contributed by atoms with Gasteiger partial charge in [-0.05, 0) is 53.9 Å². The lowest BCUT2D eigenvalue weighted by Gasteiger charge is -2.09. The third-order valence-electron chi connectivity index (χ3n) is 4.89. The summed E-state index contributed by atoms with van der Waals surface area (Å²) in [5.74, 6) is -0.132. The number of hydrogen-bond acceptors (Lipinski definition) is 4. The molecule has 0 bridgehead atoms. The molecule has 0 aliphatic carbocycles. The zero-order valence-electron chi connectivity index (χ0n) is 17.1. The highest BCUT2D eigenvalue weighted by Crippen LogP contribution is 2.33. The molecule has 0 unspecified atom stereocenters. The Morgan fingerprint density at radius 2 is 1.65 bits per heavy atom. The van der Waals surface area contributed by atoms with Gasteiger partial charge in [0.25, 0.3) is 0 Å². The fraction of sp³-hybridized carbons (Fsp3) is 0.160. The fourth-order valence-corrected chi connectivity index (χ4v) is 3.99. The summed E-state index contributed by atoms with van der Waals surface area (Å²) in [5, 5.41) is 3.73. The molecule has 156 valence electrons. The second-order valence-corrected chi connectivity index (χ2v) is 8.17. The van der Waals surface area contributed by atoms with Gasteiger partial charge in [0.2, 0.25) is 5.91 Å². The first-order valence-electron chi connectivity index (χ1n) is 10.1. The number of anilines is 1. The fourth-order valence-electron chi connectivity index (χ4n) is 3.22. The molecule has 1 amide bonds. The summed E-state index contributed by atoms with van der Waals surface area (Å²) in [5.41, 5.74) is 5.17. The summed E-state index contributed by atoms with van der Waals surface area (Å²) in [6, 6.07) is 21.8. The van der Waals surface area contributed by atoms with Gasteiger partial charge in [-0.1, -0.05) is 43.3 Å². The number of para-hydroxylation sites is 2. The van der Waals surface area contributed by atoms with Gasteiger partial charge in [-0.25, -0.2) is 9.38 Å². The highest BCUT2D eigenvalue weighted by Gasteiger charge is 2.16. The number of amides is 1. The van der Waals surface area contributed by atoms with Crippen LogP contribution >= 0.6 is 11.8 Å². The summed E-state index contributed by atoms with van der Waals surface area (Å²) in [7, 11) is 0. The minimum atomic E-state index is -0.287. The van der Waals surface area contributed by atoms with Gasteiger partial charge in [-0.3, -0.25) is 9.79 Å². The number of rotatable bonds is 5. The summed E-state index contributed by atoms with van der Waals surface area (Å²) in [6.45, 7) is 2.10. The molecule has 0 fully saturated rings. The van der Waals surface area contributed by atoms with Crippen molar-refractivity contribution in [2.75, 3.05) is 11.1 Å². The van der Waals surface area contributed by atoms with Crippen molar-refractivity contribution >= 4 is 45.5 Å². The van der Waals surface area contributed by atoms with E-state index in [9.17, 15) is 9.18 Å². The number of aliphatic imine (C=N–C) groups is 2. The van der Waals surface area contributed by atoms with Crippen LogP contribution in [0.4, 0.5) is 21.5 Å². The minimum Gasteiger partial charge on any atom is -0.325 e. The lowest BCUT2D eigenvalue weighted by atomic mass is 10.1. The van der Waals surface area contributed by atoms with Gasteiger partial charge < -0.3 is 5.32 Å². The van der Waals surface area contributed by atoms with Crippen LogP contribution in [0.2, 0.25) is 0 Å². The first-order valence-corrected chi connectivity index (χ1v) is 11.1. The number of aryl methyl sites for hydroxylation is 1. The topological polar surface area (TPSA) is 53.8 Å². The molecular formula is C25H22FN3OS. The SMILES string of the molecule is CCc1ccc(NC(=O)CSC2=Nc3ccccc3N=C(c3ccc(F)cc3)C2)cc1. The number of thioether (sulfide) groups is 1. The van der Waals surface area contributed by atoms with E-state index >= 15 is 0 Å². The molecule has 31 heavy (non-hydrogen) atoms. The predicted molar refractivity (Wildman–Crippen MR) is 128 cm³/mol. The molecule has 4 nitrogen and oxygen atoms in total. The molecule has 1 aliphatic heterocycles. The van der Waals surface area contributed by atoms with Crippen molar-refractivity contribution in [2.45, 2.75) is 19.8 Å². The molecule has 1 aliphatic rings. The number of carbonyl (C=O) groups excluding carboxylic acids is 1. The largest absolute Gasteiger partial charge is 0.325 e. The number of nitrogens with zero attached hydrogens (tertiary/aromatic N) is 2. The Morgan fingerprint density at radius 3 is 2.32 bits per heavy atom. The third kappa shape index (κ3) is 5.47. The summed E-state index contributed by atoms with van der Waals surface area (Å²) >= 11 is 1.39. The maximum absolute atomic E-state index is 13.4. The number of nitrogens with one attached hydrogen (secondary N) is 1. The van der Waals surface area contributed by atoms with E-state index in [1.807, 2.05) is 48.5 Å². The van der Waals surface area contributed by atoms with Crippen LogP contribution in [0.3, 0.4) is 0 Å². The molecule has 0 spiro atoms. The molecule has 0 atom stereocenters. The summed E-state index contributed by atoms with van der Waals surface area (Å²) in [6.07, 6.45) is 1.44. The van der Waals surface area contributed by atoms with Crippen LogP contribution in [0.1, 0.15) is 24.5 Å². The lowest BCUT2D eigenvalue weighted by Crippen LogP contribution is -2.16. The van der Waals surface area contributed by atoms with E-state index in [-0.39, 0.29) is 17.5 Å². The number of carbonyl (C=O) groups is 1. The molecule has 3 aromatic rings. The van der Waals surface area contributed by atoms with E-state index in [0.29, 0.717) is 6.42 Å². The van der Waals surface area contributed by atoms with Crippen LogP contribution in [0.25, 0.3) is 0 Å². The second kappa shape index (κ2) is 9.71. The molecule has 0 saturated heterocycles. The van der Waals surface area contributed by atoms with Gasteiger partial charge in [-0.2, -0.15) is 0 Å². The van der Waals surface area contributed by atoms with E-state index in [1.165, 1.54) is 29.5 Å². The Labute approximate surface area is 185 Å². The second-order valence-electron chi connectivity index (χ2n) is 7.12. The average Bonchev–Trinajstić information content (AvgIpc) is 2.98. The van der Waals surface area contributed by atoms with Crippen molar-refractivity contribution in [3.63, 3.8) is 0 Å². The number of benzene rings is 3. The zero-order valence-corrected chi connectivity index (χ0v) is 18.0. The molecule has 0 aromatic heterocycles. The standard InChI is InChI=1S/C25H22FN3OS/c1-2-17-7-13-20(14-8-17)27-24(30)16-31-25-15-23(18-9-11-19(26)12-10-18)28-21-5-3-4-6-22(21)29-25/h3-14H,2,15-16H2,1H3,(H,27,30). The van der Waals surface area contributed by atoms with Gasteiger partial charge in [0.15, 0.2) is 0 Å². The molecular weight excluding hydrogens is 409 g/mol. The highest BCUT2D eigenvalue weighted by molar-refractivity contribution is 8.14. The van der Waals surface area contributed by atoms with Crippen LogP contribution in [-0.4, -0.2) is 22.4 Å². The van der Waals surface area contributed by atoms with Crippen molar-refractivity contribution < 1.29 is 9.18 Å². The Morgan fingerprint density at radius 1 is 0.968 bits per heavy atom. The summed E-state index contributed by atoms with van der Waals surface area (Å²) in [4.78, 5) is 22.0. The number of halogens is 1. The lowest BCUT2D eigenvalue weighted by molar-refractivity contribution is -0.113. The first-order chi connectivity index (χ1) is 15.1. The molecule has 4 rings (SSSR count). The Balaban J connectivity index is 1.49. The van der Waals surface area contributed by atoms with Crippen LogP contribution in [0.15, 0.2) is 82.8 Å². The van der Waals surface area contributed by atoms with E-state index in [4.69, 9.17) is 9.98 Å². The third-order valence-corrected chi connectivity index (χ3v) is 5.87. The maximum Gasteiger partial charge on any atom is 0.234 e. The van der Waals surface area contributed by atoms with Gasteiger partial charge in [0.1, 0.15) is 5.82 Å². The molecule has 6 heteroatoms. The summed E-state index contributed by atoms with van der Waals surface area (Å²) < 4.78 is 13.4. The van der Waals surface area contributed by atoms with Crippen molar-refractivity contribution in [2.24, 2.45) is 9.98 Å². The molecule has 0 saturated carbocycles. The Kier molecular flexibility index (Phi) is 6.57. The normalized spacial score (nSPS) is 13.0. The first kappa shape index (κ1) is 21.0. The van der Waals surface area contributed by atoms with Crippen molar-refractivity contribution in [1.82, 2.24) is 0 Å². The molecule has 1 N–H and O–H groups in total. The zero-order chi connectivity index (χ0) is 21.6. The Hall–Kier alpha value is -3.25. The minimum absolute atomic E-state index is 0.0882. The molecule has 0 radical (unpaired) electrons. The van der Waals surface area contributed by atoms with Gasteiger partial charge >= 0.3 is 0 Å². The van der Waals surface area contributed by atoms with Crippen LogP contribution in [0.5, 0.6) is 0 Å². The highest BCUT2D eigenvalue weighted by atomic mass is 32.2. The molecule has 1 heterocycles. The van der Waals surface area contributed by atoms with Crippen molar-refractivity contribution in [3.05, 3.63) is 89.7 Å². The van der Waals surface area contributed by atoms with Crippen molar-refractivity contribution in [3.8, 4) is 0 Å². The van der Waals surface area contributed by atoms with Crippen LogP contribution in [0, 0.1) is 5.82 Å². The molecule has 3 aromatic carbocycles. The predicted octanol–water partition coefficient (Wildman–Crippen LogP) is 6.31.